The van der Waals surface area contributed by atoms with Crippen molar-refractivity contribution in [2.24, 2.45) is 5.92 Å². The zero-order chi connectivity index (χ0) is 12.1. The van der Waals surface area contributed by atoms with Gasteiger partial charge in [0.15, 0.2) is 0 Å². The van der Waals surface area contributed by atoms with Crippen LogP contribution in [0.3, 0.4) is 0 Å². The standard InChI is InChI=1S/C13H21N3O/c1-10-3-6-12(14)13(16-10)15-7-2-8-17-9-11-4-5-11/h3,6,11H,2,4-5,7-9,14H2,1H3,(H,15,16). The molecule has 94 valence electrons. The lowest BCUT2D eigenvalue weighted by atomic mass is 10.3. The molecule has 0 spiro atoms. The average molecular weight is 235 g/mol. The molecule has 1 aliphatic carbocycles. The molecule has 1 aromatic heterocycles. The van der Waals surface area contributed by atoms with Crippen LogP contribution in [-0.2, 0) is 4.74 Å². The van der Waals surface area contributed by atoms with E-state index in [2.05, 4.69) is 10.3 Å². The number of hydrogen-bond donors (Lipinski definition) is 2. The fraction of sp³-hybridized carbons (Fsp3) is 0.615. The number of nitrogens with zero attached hydrogens (tertiary/aromatic N) is 1. The maximum Gasteiger partial charge on any atom is 0.149 e. The van der Waals surface area contributed by atoms with E-state index in [9.17, 15) is 0 Å². The predicted molar refractivity (Wildman–Crippen MR) is 70.0 cm³/mol. The third kappa shape index (κ3) is 4.23. The molecule has 0 aromatic carbocycles. The molecule has 0 radical (unpaired) electrons. The number of nitrogen functional groups attached to an aromatic ring is 1. The highest BCUT2D eigenvalue weighted by atomic mass is 16.5. The van der Waals surface area contributed by atoms with Gasteiger partial charge in [-0.15, -0.1) is 0 Å². The second kappa shape index (κ2) is 5.87. The quantitative estimate of drug-likeness (QED) is 0.711. The Balaban J connectivity index is 1.61. The first-order valence-corrected chi connectivity index (χ1v) is 6.30. The molecule has 4 nitrogen and oxygen atoms in total. The smallest absolute Gasteiger partial charge is 0.149 e. The maximum absolute atomic E-state index is 5.82. The number of pyridine rings is 1. The fourth-order valence-electron chi connectivity index (χ4n) is 1.62. The molecule has 1 fully saturated rings. The van der Waals surface area contributed by atoms with Gasteiger partial charge in [0.25, 0.3) is 0 Å². The lowest BCUT2D eigenvalue weighted by molar-refractivity contribution is 0.124. The molecule has 4 heteroatoms. The third-order valence-corrected chi connectivity index (χ3v) is 2.87. The number of anilines is 2. The third-order valence-electron chi connectivity index (χ3n) is 2.87. The first-order valence-electron chi connectivity index (χ1n) is 6.30. The second-order valence-electron chi connectivity index (χ2n) is 4.69. The van der Waals surface area contributed by atoms with E-state index in [4.69, 9.17) is 10.5 Å². The van der Waals surface area contributed by atoms with Crippen molar-refractivity contribution in [2.75, 3.05) is 30.8 Å². The van der Waals surface area contributed by atoms with E-state index in [1.807, 2.05) is 19.1 Å². The summed E-state index contributed by atoms with van der Waals surface area (Å²) in [5, 5.41) is 3.24. The molecule has 0 bridgehead atoms. The van der Waals surface area contributed by atoms with Gasteiger partial charge in [0.05, 0.1) is 5.69 Å². The Bertz CT molecular complexity index is 364. The number of aromatic nitrogens is 1. The van der Waals surface area contributed by atoms with Crippen molar-refractivity contribution in [1.29, 1.82) is 0 Å². The first kappa shape index (κ1) is 12.2. The predicted octanol–water partition coefficient (Wildman–Crippen LogP) is 2.20. The fourth-order valence-corrected chi connectivity index (χ4v) is 1.62. The number of nitrogens with one attached hydrogen (secondary N) is 1. The Morgan fingerprint density at radius 2 is 2.29 bits per heavy atom. The number of nitrogens with two attached hydrogens (primary N) is 1. The highest BCUT2D eigenvalue weighted by molar-refractivity contribution is 5.61. The molecular weight excluding hydrogens is 214 g/mol. The van der Waals surface area contributed by atoms with Crippen molar-refractivity contribution in [3.8, 4) is 0 Å². The number of rotatable bonds is 7. The molecule has 1 aliphatic rings. The molecule has 0 amide bonds. The van der Waals surface area contributed by atoms with Crippen LogP contribution in [0.5, 0.6) is 0 Å². The van der Waals surface area contributed by atoms with Crippen molar-refractivity contribution >= 4 is 11.5 Å². The Kier molecular flexibility index (Phi) is 4.20. The van der Waals surface area contributed by atoms with Gasteiger partial charge in [0.2, 0.25) is 0 Å². The Morgan fingerprint density at radius 1 is 1.47 bits per heavy atom. The van der Waals surface area contributed by atoms with E-state index in [0.29, 0.717) is 5.69 Å². The SMILES string of the molecule is Cc1ccc(N)c(NCCCOCC2CC2)n1. The van der Waals surface area contributed by atoms with Crippen LogP contribution < -0.4 is 11.1 Å². The lowest BCUT2D eigenvalue weighted by Crippen LogP contribution is -2.09. The summed E-state index contributed by atoms with van der Waals surface area (Å²) >= 11 is 0. The van der Waals surface area contributed by atoms with E-state index < -0.39 is 0 Å². The van der Waals surface area contributed by atoms with E-state index in [1.54, 1.807) is 0 Å². The van der Waals surface area contributed by atoms with Crippen molar-refractivity contribution in [3.05, 3.63) is 17.8 Å². The number of ether oxygens (including phenoxy) is 1. The molecule has 0 saturated heterocycles. The summed E-state index contributed by atoms with van der Waals surface area (Å²) in [6.45, 7) is 4.56. The first-order chi connectivity index (χ1) is 8.25. The minimum absolute atomic E-state index is 0.703. The van der Waals surface area contributed by atoms with Crippen LogP contribution in [0.2, 0.25) is 0 Å². The minimum Gasteiger partial charge on any atom is -0.396 e. The Morgan fingerprint density at radius 3 is 3.06 bits per heavy atom. The van der Waals surface area contributed by atoms with E-state index in [-0.39, 0.29) is 0 Å². The minimum atomic E-state index is 0.703. The largest absolute Gasteiger partial charge is 0.396 e. The average Bonchev–Trinajstić information content (AvgIpc) is 3.11. The van der Waals surface area contributed by atoms with Gasteiger partial charge in [-0.25, -0.2) is 4.98 Å². The summed E-state index contributed by atoms with van der Waals surface area (Å²) in [6.07, 6.45) is 3.69. The summed E-state index contributed by atoms with van der Waals surface area (Å²) in [5.74, 6) is 1.63. The van der Waals surface area contributed by atoms with Gasteiger partial charge in [-0.1, -0.05) is 0 Å². The van der Waals surface area contributed by atoms with Crippen LogP contribution in [0, 0.1) is 12.8 Å². The van der Waals surface area contributed by atoms with Gasteiger partial charge >= 0.3 is 0 Å². The van der Waals surface area contributed by atoms with E-state index >= 15 is 0 Å². The van der Waals surface area contributed by atoms with Crippen LogP contribution in [0.25, 0.3) is 0 Å². The van der Waals surface area contributed by atoms with Gasteiger partial charge in [-0.05, 0) is 44.2 Å². The molecule has 3 N–H and O–H groups in total. The van der Waals surface area contributed by atoms with Crippen LogP contribution in [0.1, 0.15) is 25.0 Å². The molecule has 0 aliphatic heterocycles. The summed E-state index contributed by atoms with van der Waals surface area (Å²) in [6, 6.07) is 3.80. The number of aryl methyl sites for hydroxylation is 1. The van der Waals surface area contributed by atoms with Gasteiger partial charge < -0.3 is 15.8 Å². The molecule has 1 heterocycles. The summed E-state index contributed by atoms with van der Waals surface area (Å²) in [4.78, 5) is 4.35. The zero-order valence-electron chi connectivity index (χ0n) is 10.4. The molecule has 17 heavy (non-hydrogen) atoms. The van der Waals surface area contributed by atoms with Gasteiger partial charge in [0, 0.05) is 25.5 Å². The van der Waals surface area contributed by atoms with E-state index in [0.717, 1.165) is 43.6 Å². The number of hydrogen-bond acceptors (Lipinski definition) is 4. The van der Waals surface area contributed by atoms with Crippen LogP contribution in [-0.4, -0.2) is 24.7 Å². The topological polar surface area (TPSA) is 60.2 Å². The zero-order valence-corrected chi connectivity index (χ0v) is 10.4. The van der Waals surface area contributed by atoms with Gasteiger partial charge in [-0.2, -0.15) is 0 Å². The normalized spacial score (nSPS) is 14.9. The highest BCUT2D eigenvalue weighted by Gasteiger charge is 2.20. The molecule has 0 unspecified atom stereocenters. The molecule has 1 aromatic rings. The van der Waals surface area contributed by atoms with Crippen LogP contribution in [0.4, 0.5) is 11.5 Å². The highest BCUT2D eigenvalue weighted by Crippen LogP contribution is 2.28. The maximum atomic E-state index is 5.82. The second-order valence-corrected chi connectivity index (χ2v) is 4.69. The van der Waals surface area contributed by atoms with Crippen LogP contribution >= 0.6 is 0 Å². The Hall–Kier alpha value is -1.29. The summed E-state index contributed by atoms with van der Waals surface area (Å²) < 4.78 is 5.56. The van der Waals surface area contributed by atoms with Gasteiger partial charge in [0.1, 0.15) is 5.82 Å². The molecule has 1 saturated carbocycles. The lowest BCUT2D eigenvalue weighted by Gasteiger charge is -2.09. The van der Waals surface area contributed by atoms with Crippen LogP contribution in [0.15, 0.2) is 12.1 Å². The van der Waals surface area contributed by atoms with Crippen molar-refractivity contribution < 1.29 is 4.74 Å². The van der Waals surface area contributed by atoms with E-state index in [1.165, 1.54) is 12.8 Å². The van der Waals surface area contributed by atoms with Crippen molar-refractivity contribution in [1.82, 2.24) is 4.98 Å². The van der Waals surface area contributed by atoms with Crippen molar-refractivity contribution in [2.45, 2.75) is 26.2 Å². The van der Waals surface area contributed by atoms with Crippen molar-refractivity contribution in [3.63, 3.8) is 0 Å². The molecular formula is C13H21N3O. The molecule has 2 rings (SSSR count). The summed E-state index contributed by atoms with van der Waals surface area (Å²) in [5.41, 5.74) is 7.50. The van der Waals surface area contributed by atoms with Gasteiger partial charge in [-0.3, -0.25) is 0 Å². The Labute approximate surface area is 103 Å². The monoisotopic (exact) mass is 235 g/mol. The molecule has 0 atom stereocenters. The summed E-state index contributed by atoms with van der Waals surface area (Å²) in [7, 11) is 0.